The van der Waals surface area contributed by atoms with Crippen LogP contribution in [-0.2, 0) is 4.79 Å². The van der Waals surface area contributed by atoms with Crippen molar-refractivity contribution in [2.45, 2.75) is 19.8 Å². The number of hydrogen-bond acceptors (Lipinski definition) is 5. The van der Waals surface area contributed by atoms with Gasteiger partial charge in [-0.3, -0.25) is 9.59 Å². The van der Waals surface area contributed by atoms with Gasteiger partial charge in [-0.1, -0.05) is 0 Å². The molecular weight excluding hydrogens is 410 g/mol. The van der Waals surface area contributed by atoms with Crippen molar-refractivity contribution in [3.63, 3.8) is 0 Å². The lowest BCUT2D eigenvalue weighted by atomic mass is 9.97. The number of hydrogen-bond donors (Lipinski definition) is 1. The quantitative estimate of drug-likeness (QED) is 0.809. The van der Waals surface area contributed by atoms with E-state index < -0.39 is 0 Å². The Balaban J connectivity index is 1.70. The lowest BCUT2D eigenvalue weighted by molar-refractivity contribution is -0.126. The van der Waals surface area contributed by atoms with Crippen LogP contribution in [-0.4, -0.2) is 41.3 Å². The second kappa shape index (κ2) is 7.76. The molecule has 1 unspecified atom stereocenters. The minimum Gasteiger partial charge on any atom is -0.356 e. The van der Waals surface area contributed by atoms with E-state index in [1.165, 1.54) is 11.3 Å². The van der Waals surface area contributed by atoms with Crippen LogP contribution in [0.1, 0.15) is 30.3 Å². The van der Waals surface area contributed by atoms with Gasteiger partial charge in [-0.05, 0) is 41.8 Å². The molecule has 128 valence electrons. The molecule has 0 saturated carbocycles. The largest absolute Gasteiger partial charge is 0.356 e. The first-order valence-electron chi connectivity index (χ1n) is 7.85. The van der Waals surface area contributed by atoms with Crippen LogP contribution in [0.15, 0.2) is 21.3 Å². The van der Waals surface area contributed by atoms with Crippen LogP contribution in [0.2, 0.25) is 0 Å². The van der Waals surface area contributed by atoms with Gasteiger partial charge in [0.25, 0.3) is 5.91 Å². The molecule has 2 amide bonds. The monoisotopic (exact) mass is 427 g/mol. The molecule has 2 aromatic rings. The van der Waals surface area contributed by atoms with Crippen molar-refractivity contribution in [3.8, 4) is 9.88 Å². The summed E-state index contributed by atoms with van der Waals surface area (Å²) in [5.74, 6) is -0.159. The van der Waals surface area contributed by atoms with Crippen LogP contribution in [0.4, 0.5) is 0 Å². The zero-order chi connectivity index (χ0) is 17.1. The van der Waals surface area contributed by atoms with Crippen LogP contribution >= 0.6 is 38.6 Å². The topological polar surface area (TPSA) is 62.3 Å². The molecule has 3 heterocycles. The average molecular weight is 428 g/mol. The third-order valence-corrected chi connectivity index (χ3v) is 6.63. The van der Waals surface area contributed by atoms with E-state index in [0.717, 1.165) is 27.2 Å². The van der Waals surface area contributed by atoms with Crippen molar-refractivity contribution in [2.75, 3.05) is 19.6 Å². The summed E-state index contributed by atoms with van der Waals surface area (Å²) in [7, 11) is 0. The number of nitrogens with one attached hydrogen (secondary N) is 1. The number of thiazole rings is 1. The van der Waals surface area contributed by atoms with Crippen molar-refractivity contribution in [2.24, 2.45) is 5.92 Å². The van der Waals surface area contributed by atoms with E-state index >= 15 is 0 Å². The first-order chi connectivity index (χ1) is 11.6. The fourth-order valence-corrected chi connectivity index (χ4v) is 5.07. The molecule has 0 aromatic carbocycles. The Hall–Kier alpha value is -1.25. The molecule has 5 nitrogen and oxygen atoms in total. The summed E-state index contributed by atoms with van der Waals surface area (Å²) in [4.78, 5) is 32.0. The number of carbonyl (C=O) groups excluding carboxylic acids is 2. The van der Waals surface area contributed by atoms with Gasteiger partial charge in [0.05, 0.1) is 10.8 Å². The number of amides is 2. The van der Waals surface area contributed by atoms with E-state index in [1.807, 2.05) is 18.4 Å². The molecule has 1 aliphatic heterocycles. The maximum Gasteiger partial charge on any atom is 0.273 e. The molecule has 0 bridgehead atoms. The average Bonchev–Trinajstić information content (AvgIpc) is 3.23. The van der Waals surface area contributed by atoms with Crippen LogP contribution in [0.25, 0.3) is 9.88 Å². The lowest BCUT2D eigenvalue weighted by Crippen LogP contribution is -2.45. The fraction of sp³-hybridized carbons (Fsp3) is 0.438. The SMILES string of the molecule is CCNC(=O)C1CCCN(C(=O)c2csc(-c3cc(Br)cs3)n2)C1. The minimum absolute atomic E-state index is 0.0393. The Bertz CT molecular complexity index is 743. The Morgan fingerprint density at radius 1 is 1.42 bits per heavy atom. The van der Waals surface area contributed by atoms with Gasteiger partial charge < -0.3 is 10.2 Å². The first-order valence-corrected chi connectivity index (χ1v) is 10.4. The Morgan fingerprint density at radius 3 is 2.96 bits per heavy atom. The van der Waals surface area contributed by atoms with Gasteiger partial charge in [0, 0.05) is 34.9 Å². The third-order valence-electron chi connectivity index (χ3n) is 3.93. The molecule has 1 saturated heterocycles. The number of carbonyl (C=O) groups is 2. The van der Waals surface area contributed by atoms with Gasteiger partial charge >= 0.3 is 0 Å². The Morgan fingerprint density at radius 2 is 2.25 bits per heavy atom. The zero-order valence-electron chi connectivity index (χ0n) is 13.3. The molecular formula is C16H18BrN3O2S2. The predicted molar refractivity (Wildman–Crippen MR) is 100 cm³/mol. The highest BCUT2D eigenvalue weighted by Crippen LogP contribution is 2.32. The summed E-state index contributed by atoms with van der Waals surface area (Å²) in [6.45, 7) is 3.69. The fourth-order valence-electron chi connectivity index (χ4n) is 2.77. The number of rotatable bonds is 4. The Labute approximate surface area is 157 Å². The minimum atomic E-state index is -0.117. The summed E-state index contributed by atoms with van der Waals surface area (Å²) < 4.78 is 1.02. The smallest absolute Gasteiger partial charge is 0.273 e. The van der Waals surface area contributed by atoms with E-state index in [0.29, 0.717) is 25.3 Å². The molecule has 1 atom stereocenters. The van der Waals surface area contributed by atoms with Gasteiger partial charge in [-0.15, -0.1) is 22.7 Å². The van der Waals surface area contributed by atoms with Crippen LogP contribution < -0.4 is 5.32 Å². The van der Waals surface area contributed by atoms with E-state index in [9.17, 15) is 9.59 Å². The number of nitrogens with zero attached hydrogens (tertiary/aromatic N) is 2. The van der Waals surface area contributed by atoms with Crippen molar-refractivity contribution < 1.29 is 9.59 Å². The van der Waals surface area contributed by atoms with Crippen molar-refractivity contribution in [1.29, 1.82) is 0 Å². The summed E-state index contributed by atoms with van der Waals surface area (Å²) in [6, 6.07) is 2.00. The molecule has 1 N–H and O–H groups in total. The molecule has 2 aromatic heterocycles. The highest BCUT2D eigenvalue weighted by atomic mass is 79.9. The molecule has 0 radical (unpaired) electrons. The van der Waals surface area contributed by atoms with Crippen molar-refractivity contribution >= 4 is 50.4 Å². The number of thiophene rings is 1. The Kier molecular flexibility index (Phi) is 5.68. The van der Waals surface area contributed by atoms with E-state index in [2.05, 4.69) is 26.2 Å². The molecule has 24 heavy (non-hydrogen) atoms. The molecule has 8 heteroatoms. The maximum absolute atomic E-state index is 12.7. The van der Waals surface area contributed by atoms with Gasteiger partial charge in [-0.25, -0.2) is 4.98 Å². The van der Waals surface area contributed by atoms with Gasteiger partial charge in [0.15, 0.2) is 0 Å². The highest BCUT2D eigenvalue weighted by molar-refractivity contribution is 9.10. The van der Waals surface area contributed by atoms with Crippen molar-refractivity contribution in [1.82, 2.24) is 15.2 Å². The summed E-state index contributed by atoms with van der Waals surface area (Å²) in [5, 5.41) is 7.51. The maximum atomic E-state index is 12.7. The van der Waals surface area contributed by atoms with Gasteiger partial charge in [0.1, 0.15) is 10.7 Å². The van der Waals surface area contributed by atoms with E-state index in [1.54, 1.807) is 21.6 Å². The summed E-state index contributed by atoms with van der Waals surface area (Å²) >= 11 is 6.51. The third kappa shape index (κ3) is 3.87. The number of piperidine rings is 1. The first kappa shape index (κ1) is 17.6. The predicted octanol–water partition coefficient (Wildman–Crippen LogP) is 3.62. The second-order valence-corrected chi connectivity index (χ2v) is 8.34. The van der Waals surface area contributed by atoms with E-state index in [-0.39, 0.29) is 17.7 Å². The summed E-state index contributed by atoms with van der Waals surface area (Å²) in [6.07, 6.45) is 1.68. The molecule has 0 spiro atoms. The van der Waals surface area contributed by atoms with Gasteiger partial charge in [0.2, 0.25) is 5.91 Å². The van der Waals surface area contributed by atoms with Crippen molar-refractivity contribution in [3.05, 3.63) is 27.0 Å². The molecule has 3 rings (SSSR count). The van der Waals surface area contributed by atoms with Crippen LogP contribution in [0, 0.1) is 5.92 Å². The highest BCUT2D eigenvalue weighted by Gasteiger charge is 2.29. The van der Waals surface area contributed by atoms with Gasteiger partial charge in [-0.2, -0.15) is 0 Å². The molecule has 1 fully saturated rings. The standard InChI is InChI=1S/C16H18BrN3O2S2/c1-2-18-14(21)10-4-3-5-20(7-10)16(22)12-9-24-15(19-12)13-6-11(17)8-23-13/h6,8-10H,2-5,7H2,1H3,(H,18,21). The van der Waals surface area contributed by atoms with Crippen LogP contribution in [0.5, 0.6) is 0 Å². The van der Waals surface area contributed by atoms with E-state index in [4.69, 9.17) is 0 Å². The second-order valence-electron chi connectivity index (χ2n) is 5.65. The number of aromatic nitrogens is 1. The number of halogens is 1. The number of likely N-dealkylation sites (tertiary alicyclic amines) is 1. The lowest BCUT2D eigenvalue weighted by Gasteiger charge is -2.31. The molecule has 1 aliphatic rings. The normalized spacial score (nSPS) is 17.8. The zero-order valence-corrected chi connectivity index (χ0v) is 16.5. The summed E-state index contributed by atoms with van der Waals surface area (Å²) in [5.41, 5.74) is 0.469. The molecule has 0 aliphatic carbocycles. The van der Waals surface area contributed by atoms with Crippen LogP contribution in [0.3, 0.4) is 0 Å².